The summed E-state index contributed by atoms with van der Waals surface area (Å²) < 4.78 is 2.45. The Bertz CT molecular complexity index is 394. The van der Waals surface area contributed by atoms with Crippen molar-refractivity contribution in [2.45, 2.75) is 90.6 Å². The average Bonchev–Trinajstić information content (AvgIpc) is 2.92. The lowest BCUT2D eigenvalue weighted by Gasteiger charge is -2.23. The van der Waals surface area contributed by atoms with E-state index in [4.69, 9.17) is 0 Å². The molecule has 1 atom stereocenters. The van der Waals surface area contributed by atoms with E-state index in [-0.39, 0.29) is 0 Å². The molecule has 0 saturated carbocycles. The molecular formula is C19H34N2. The number of hydrogen-bond donors (Lipinski definition) is 1. The molecule has 2 nitrogen and oxygen atoms in total. The third-order valence-corrected chi connectivity index (χ3v) is 4.72. The molecule has 0 saturated heterocycles. The molecular weight excluding hydrogens is 256 g/mol. The molecule has 2 heteroatoms. The molecule has 1 N–H and O–H groups in total. The predicted octanol–water partition coefficient (Wildman–Crippen LogP) is 5.23. The molecule has 1 heterocycles. The van der Waals surface area contributed by atoms with Gasteiger partial charge in [0.1, 0.15) is 0 Å². The van der Waals surface area contributed by atoms with Gasteiger partial charge in [0.25, 0.3) is 0 Å². The van der Waals surface area contributed by atoms with Gasteiger partial charge in [-0.1, -0.05) is 46.0 Å². The van der Waals surface area contributed by atoms with Crippen LogP contribution >= 0.6 is 0 Å². The highest BCUT2D eigenvalue weighted by Gasteiger charge is 2.21. The van der Waals surface area contributed by atoms with Crippen molar-refractivity contribution < 1.29 is 0 Å². The van der Waals surface area contributed by atoms with Crippen LogP contribution in [0.2, 0.25) is 0 Å². The van der Waals surface area contributed by atoms with Crippen LogP contribution in [0.5, 0.6) is 0 Å². The minimum Gasteiger partial charge on any atom is -0.354 e. The van der Waals surface area contributed by atoms with Gasteiger partial charge in [0.2, 0.25) is 0 Å². The van der Waals surface area contributed by atoms with Gasteiger partial charge in [-0.2, -0.15) is 0 Å². The van der Waals surface area contributed by atoms with Crippen LogP contribution < -0.4 is 5.32 Å². The molecule has 120 valence electrons. The molecule has 0 fully saturated rings. The van der Waals surface area contributed by atoms with Crippen LogP contribution in [-0.2, 0) is 13.0 Å². The summed E-state index contributed by atoms with van der Waals surface area (Å²) >= 11 is 0. The highest BCUT2D eigenvalue weighted by molar-refractivity contribution is 5.30. The van der Waals surface area contributed by atoms with Gasteiger partial charge >= 0.3 is 0 Å². The largest absolute Gasteiger partial charge is 0.354 e. The summed E-state index contributed by atoms with van der Waals surface area (Å²) in [6, 6.07) is 0.611. The molecule has 1 aromatic rings. The van der Waals surface area contributed by atoms with E-state index < -0.39 is 0 Å². The predicted molar refractivity (Wildman–Crippen MR) is 91.8 cm³/mol. The van der Waals surface area contributed by atoms with Gasteiger partial charge in [-0.3, -0.25) is 0 Å². The summed E-state index contributed by atoms with van der Waals surface area (Å²) in [7, 11) is 0. The van der Waals surface area contributed by atoms with Crippen molar-refractivity contribution in [2.24, 2.45) is 0 Å². The van der Waals surface area contributed by atoms with E-state index in [1.165, 1.54) is 70.8 Å². The van der Waals surface area contributed by atoms with Gasteiger partial charge in [-0.05, 0) is 49.8 Å². The summed E-state index contributed by atoms with van der Waals surface area (Å²) in [5.74, 6) is 0. The Hall–Kier alpha value is -0.760. The van der Waals surface area contributed by atoms with Crippen LogP contribution in [0.15, 0.2) is 12.4 Å². The Morgan fingerprint density at radius 2 is 1.86 bits per heavy atom. The zero-order valence-corrected chi connectivity index (χ0v) is 14.2. The third-order valence-electron chi connectivity index (χ3n) is 4.72. The normalized spacial score (nSPS) is 17.9. The Labute approximate surface area is 131 Å². The smallest absolute Gasteiger partial charge is 0.0338 e. The van der Waals surface area contributed by atoms with Crippen LogP contribution in [0.1, 0.15) is 88.8 Å². The second-order valence-electron chi connectivity index (χ2n) is 6.64. The number of nitrogens with zero attached hydrogens (tertiary/aromatic N) is 1. The average molecular weight is 290 g/mol. The molecule has 21 heavy (non-hydrogen) atoms. The Morgan fingerprint density at radius 1 is 1.05 bits per heavy atom. The van der Waals surface area contributed by atoms with Crippen molar-refractivity contribution in [3.05, 3.63) is 23.5 Å². The first-order valence-electron chi connectivity index (χ1n) is 9.27. The van der Waals surface area contributed by atoms with Gasteiger partial charge in [-0.15, -0.1) is 0 Å². The molecule has 1 aliphatic rings. The summed E-state index contributed by atoms with van der Waals surface area (Å²) in [4.78, 5) is 0. The highest BCUT2D eigenvalue weighted by atomic mass is 15.0. The summed E-state index contributed by atoms with van der Waals surface area (Å²) in [5, 5.41) is 3.72. The maximum absolute atomic E-state index is 3.72. The van der Waals surface area contributed by atoms with Crippen molar-refractivity contribution in [2.75, 3.05) is 6.54 Å². The fraction of sp³-hybridized carbons (Fsp3) is 0.789. The number of fused-ring (bicyclic) bond motifs is 1. The maximum Gasteiger partial charge on any atom is 0.0338 e. The molecule has 1 aliphatic carbocycles. The zero-order valence-electron chi connectivity index (χ0n) is 14.2. The molecule has 0 aromatic carbocycles. The SMILES string of the molecule is CCCCCCCCn1cc2c(c1)C(NCCC)CCC2. The van der Waals surface area contributed by atoms with Crippen molar-refractivity contribution in [3.63, 3.8) is 0 Å². The lowest BCUT2D eigenvalue weighted by Crippen LogP contribution is -2.24. The number of unbranched alkanes of at least 4 members (excludes halogenated alkanes) is 5. The number of hydrogen-bond acceptors (Lipinski definition) is 1. The van der Waals surface area contributed by atoms with Crippen molar-refractivity contribution >= 4 is 0 Å². The lowest BCUT2D eigenvalue weighted by molar-refractivity contribution is 0.461. The van der Waals surface area contributed by atoms with Crippen molar-refractivity contribution in [3.8, 4) is 0 Å². The van der Waals surface area contributed by atoms with Gasteiger partial charge < -0.3 is 9.88 Å². The second kappa shape index (κ2) is 9.30. The van der Waals surface area contributed by atoms with E-state index >= 15 is 0 Å². The topological polar surface area (TPSA) is 17.0 Å². The lowest BCUT2D eigenvalue weighted by atomic mass is 9.91. The van der Waals surface area contributed by atoms with Crippen LogP contribution in [0, 0.1) is 0 Å². The highest BCUT2D eigenvalue weighted by Crippen LogP contribution is 2.30. The number of aryl methyl sites for hydroxylation is 2. The molecule has 0 amide bonds. The van der Waals surface area contributed by atoms with Crippen LogP contribution in [0.4, 0.5) is 0 Å². The molecule has 1 unspecified atom stereocenters. The van der Waals surface area contributed by atoms with Crippen molar-refractivity contribution in [1.29, 1.82) is 0 Å². The fourth-order valence-electron chi connectivity index (χ4n) is 3.48. The second-order valence-corrected chi connectivity index (χ2v) is 6.64. The first kappa shape index (κ1) is 16.6. The monoisotopic (exact) mass is 290 g/mol. The first-order chi connectivity index (χ1) is 10.3. The van der Waals surface area contributed by atoms with E-state index in [0.29, 0.717) is 6.04 Å². The Kier molecular flexibility index (Phi) is 7.35. The molecule has 0 spiro atoms. The number of nitrogens with one attached hydrogen (secondary N) is 1. The van der Waals surface area contributed by atoms with Gasteiger partial charge in [0, 0.05) is 25.0 Å². The van der Waals surface area contributed by atoms with Crippen LogP contribution in [0.3, 0.4) is 0 Å². The first-order valence-corrected chi connectivity index (χ1v) is 9.27. The summed E-state index contributed by atoms with van der Waals surface area (Å²) in [6.07, 6.45) is 18.3. The zero-order chi connectivity index (χ0) is 14.9. The minimum atomic E-state index is 0.611. The molecule has 1 aromatic heterocycles. The third kappa shape index (κ3) is 5.18. The summed E-state index contributed by atoms with van der Waals surface area (Å²) in [6.45, 7) is 6.89. The minimum absolute atomic E-state index is 0.611. The molecule has 0 aliphatic heterocycles. The van der Waals surface area contributed by atoms with Gasteiger partial charge in [0.15, 0.2) is 0 Å². The van der Waals surface area contributed by atoms with Crippen LogP contribution in [-0.4, -0.2) is 11.1 Å². The van der Waals surface area contributed by atoms with Crippen molar-refractivity contribution in [1.82, 2.24) is 9.88 Å². The molecule has 0 bridgehead atoms. The number of rotatable bonds is 10. The Morgan fingerprint density at radius 3 is 2.67 bits per heavy atom. The Balaban J connectivity index is 1.79. The maximum atomic E-state index is 3.72. The van der Waals surface area contributed by atoms with E-state index in [2.05, 4.69) is 36.1 Å². The van der Waals surface area contributed by atoms with E-state index in [1.807, 2.05) is 0 Å². The van der Waals surface area contributed by atoms with Gasteiger partial charge in [-0.25, -0.2) is 0 Å². The molecule has 0 radical (unpaired) electrons. The van der Waals surface area contributed by atoms with E-state index in [9.17, 15) is 0 Å². The summed E-state index contributed by atoms with van der Waals surface area (Å²) in [5.41, 5.74) is 3.18. The van der Waals surface area contributed by atoms with E-state index in [1.54, 1.807) is 11.1 Å². The standard InChI is InChI=1S/C19H34N2/c1-3-5-6-7-8-9-14-21-15-17-11-10-12-19(18(17)16-21)20-13-4-2/h15-16,19-20H,3-14H2,1-2H3. The van der Waals surface area contributed by atoms with Crippen LogP contribution in [0.25, 0.3) is 0 Å². The number of aromatic nitrogens is 1. The fourth-order valence-corrected chi connectivity index (χ4v) is 3.48. The van der Waals surface area contributed by atoms with Gasteiger partial charge in [0.05, 0.1) is 0 Å². The molecule has 2 rings (SSSR count). The van der Waals surface area contributed by atoms with E-state index in [0.717, 1.165) is 6.54 Å². The quantitative estimate of drug-likeness (QED) is 0.584.